The molecule has 194 valence electrons. The Morgan fingerprint density at radius 2 is 1.94 bits per heavy atom. The molecule has 0 amide bonds. The van der Waals surface area contributed by atoms with E-state index in [-0.39, 0.29) is 29.1 Å². The SMILES string of the molecule is CCCCCC(=O)OOc1cc(C(C)C(=O)OC)c2c(c1)sc(=O)n2-c1ncc(C(F)(F)F)cc1Cl. The van der Waals surface area contributed by atoms with Crippen molar-refractivity contribution >= 4 is 45.1 Å². The minimum Gasteiger partial charge on any atom is -0.469 e. The lowest BCUT2D eigenvalue weighted by Crippen LogP contribution is -2.17. The van der Waals surface area contributed by atoms with E-state index in [1.165, 1.54) is 26.2 Å². The zero-order valence-electron chi connectivity index (χ0n) is 19.5. The smallest absolute Gasteiger partial charge is 0.417 e. The summed E-state index contributed by atoms with van der Waals surface area (Å²) in [5.74, 6) is -2.37. The van der Waals surface area contributed by atoms with E-state index in [0.29, 0.717) is 23.4 Å². The van der Waals surface area contributed by atoms with Gasteiger partial charge in [0, 0.05) is 12.3 Å². The molecule has 0 bridgehead atoms. The number of nitrogens with zero attached hydrogens (tertiary/aromatic N) is 2. The number of esters is 1. The first-order valence-corrected chi connectivity index (χ1v) is 12.0. The van der Waals surface area contributed by atoms with E-state index in [0.717, 1.165) is 28.7 Å². The molecule has 0 spiro atoms. The molecule has 1 unspecified atom stereocenters. The first kappa shape index (κ1) is 27.5. The van der Waals surface area contributed by atoms with Crippen molar-refractivity contribution in [3.8, 4) is 11.6 Å². The van der Waals surface area contributed by atoms with Crippen molar-refractivity contribution in [2.45, 2.75) is 51.6 Å². The fourth-order valence-corrected chi connectivity index (χ4v) is 4.62. The van der Waals surface area contributed by atoms with Gasteiger partial charge in [-0.1, -0.05) is 42.7 Å². The van der Waals surface area contributed by atoms with Crippen LogP contribution in [0.5, 0.6) is 5.75 Å². The summed E-state index contributed by atoms with van der Waals surface area (Å²) in [7, 11) is 1.18. The second-order valence-corrected chi connectivity index (χ2v) is 9.23. The van der Waals surface area contributed by atoms with Crippen LogP contribution in [0.15, 0.2) is 29.2 Å². The first-order valence-electron chi connectivity index (χ1n) is 10.9. The minimum atomic E-state index is -4.68. The molecule has 1 atom stereocenters. The van der Waals surface area contributed by atoms with Gasteiger partial charge in [0.2, 0.25) is 0 Å². The Balaban J connectivity index is 2.11. The third-order valence-corrected chi connectivity index (χ3v) is 6.45. The second-order valence-electron chi connectivity index (χ2n) is 7.83. The van der Waals surface area contributed by atoms with Crippen LogP contribution in [0.2, 0.25) is 5.02 Å². The zero-order valence-corrected chi connectivity index (χ0v) is 21.1. The van der Waals surface area contributed by atoms with Gasteiger partial charge in [0.25, 0.3) is 0 Å². The van der Waals surface area contributed by atoms with Gasteiger partial charge >= 0.3 is 23.0 Å². The predicted molar refractivity (Wildman–Crippen MR) is 127 cm³/mol. The van der Waals surface area contributed by atoms with Crippen LogP contribution in [0.4, 0.5) is 13.2 Å². The number of alkyl halides is 3. The highest BCUT2D eigenvalue weighted by Gasteiger charge is 2.32. The molecule has 2 heterocycles. The van der Waals surface area contributed by atoms with Gasteiger partial charge < -0.3 is 4.74 Å². The first-order chi connectivity index (χ1) is 17.0. The Labute approximate surface area is 212 Å². The van der Waals surface area contributed by atoms with Gasteiger partial charge in [-0.15, -0.1) is 0 Å². The molecule has 0 aliphatic heterocycles. The molecule has 1 aromatic carbocycles. The van der Waals surface area contributed by atoms with Crippen LogP contribution < -0.4 is 9.76 Å². The summed E-state index contributed by atoms with van der Waals surface area (Å²) in [6, 6.07) is 3.45. The summed E-state index contributed by atoms with van der Waals surface area (Å²) in [5.41, 5.74) is -0.672. The van der Waals surface area contributed by atoms with Crippen molar-refractivity contribution in [2.75, 3.05) is 7.11 Å². The van der Waals surface area contributed by atoms with E-state index in [1.54, 1.807) is 0 Å². The van der Waals surface area contributed by atoms with Gasteiger partial charge in [-0.25, -0.2) is 14.3 Å². The number of aromatic nitrogens is 2. The molecule has 2 aromatic heterocycles. The number of halogens is 4. The molecule has 0 saturated carbocycles. The minimum absolute atomic E-state index is 0.0389. The van der Waals surface area contributed by atoms with Crippen LogP contribution in [-0.4, -0.2) is 28.6 Å². The fraction of sp³-hybridized carbons (Fsp3) is 0.391. The van der Waals surface area contributed by atoms with Gasteiger partial charge in [0.15, 0.2) is 11.6 Å². The molecular formula is C23H22ClF3N2O6S. The third kappa shape index (κ3) is 5.98. The van der Waals surface area contributed by atoms with Gasteiger partial charge in [0.1, 0.15) is 0 Å². The fourth-order valence-electron chi connectivity index (χ4n) is 3.43. The molecule has 0 fully saturated rings. The molecular weight excluding hydrogens is 525 g/mol. The Morgan fingerprint density at radius 1 is 1.22 bits per heavy atom. The zero-order chi connectivity index (χ0) is 26.6. The topological polar surface area (TPSA) is 96.7 Å². The lowest BCUT2D eigenvalue weighted by atomic mass is 9.99. The molecule has 3 rings (SSSR count). The number of rotatable bonds is 9. The van der Waals surface area contributed by atoms with Crippen molar-refractivity contribution in [1.82, 2.24) is 9.55 Å². The van der Waals surface area contributed by atoms with E-state index >= 15 is 0 Å². The van der Waals surface area contributed by atoms with E-state index in [9.17, 15) is 27.6 Å². The highest BCUT2D eigenvalue weighted by molar-refractivity contribution is 7.16. The second kappa shape index (κ2) is 11.3. The number of carbonyl (C=O) groups excluding carboxylic acids is 2. The van der Waals surface area contributed by atoms with Crippen molar-refractivity contribution in [3.05, 3.63) is 50.2 Å². The van der Waals surface area contributed by atoms with Gasteiger partial charge in [-0.3, -0.25) is 19.4 Å². The van der Waals surface area contributed by atoms with E-state index in [4.69, 9.17) is 26.1 Å². The maximum absolute atomic E-state index is 13.1. The summed E-state index contributed by atoms with van der Waals surface area (Å²) >= 11 is 6.82. The highest BCUT2D eigenvalue weighted by Crippen LogP contribution is 2.36. The molecule has 0 aliphatic carbocycles. The van der Waals surface area contributed by atoms with Crippen LogP contribution in [-0.2, 0) is 25.4 Å². The van der Waals surface area contributed by atoms with Crippen LogP contribution in [0, 0.1) is 0 Å². The lowest BCUT2D eigenvalue weighted by molar-refractivity contribution is -0.213. The van der Waals surface area contributed by atoms with Crippen LogP contribution in [0.1, 0.15) is 56.6 Å². The largest absolute Gasteiger partial charge is 0.469 e. The molecule has 36 heavy (non-hydrogen) atoms. The normalized spacial score (nSPS) is 12.4. The van der Waals surface area contributed by atoms with E-state index in [1.807, 2.05) is 6.92 Å². The average Bonchev–Trinajstić information content (AvgIpc) is 3.16. The number of pyridine rings is 1. The van der Waals surface area contributed by atoms with Gasteiger partial charge in [-0.2, -0.15) is 13.2 Å². The monoisotopic (exact) mass is 546 g/mol. The summed E-state index contributed by atoms with van der Waals surface area (Å²) in [5, 5.41) is -0.412. The van der Waals surface area contributed by atoms with E-state index < -0.39 is 39.5 Å². The lowest BCUT2D eigenvalue weighted by Gasteiger charge is -2.15. The molecule has 0 aliphatic rings. The summed E-state index contributed by atoms with van der Waals surface area (Å²) in [4.78, 5) is 50.4. The molecule has 0 saturated heterocycles. The highest BCUT2D eigenvalue weighted by atomic mass is 35.5. The van der Waals surface area contributed by atoms with Crippen molar-refractivity contribution in [2.24, 2.45) is 0 Å². The number of hydrogen-bond donors (Lipinski definition) is 0. The summed E-state index contributed by atoms with van der Waals surface area (Å²) < 4.78 is 45.3. The summed E-state index contributed by atoms with van der Waals surface area (Å²) in [6.07, 6.45) is -1.55. The van der Waals surface area contributed by atoms with Crippen LogP contribution in [0.3, 0.4) is 0 Å². The van der Waals surface area contributed by atoms with Crippen molar-refractivity contribution in [1.29, 1.82) is 0 Å². The Hall–Kier alpha value is -3.12. The average molecular weight is 547 g/mol. The van der Waals surface area contributed by atoms with Crippen LogP contribution >= 0.6 is 22.9 Å². The summed E-state index contributed by atoms with van der Waals surface area (Å²) in [6.45, 7) is 3.50. The standard InChI is InChI=1S/C23H22ClF3N2O6S/c1-4-5-6-7-18(30)35-34-14-9-15(12(2)21(31)33-3)19-17(10-14)36-22(32)29(19)20-16(24)8-13(11-28-20)23(25,26)27/h8-12H,4-7H2,1-3H3. The molecule has 3 aromatic rings. The number of fused-ring (bicyclic) bond motifs is 1. The Morgan fingerprint density at radius 3 is 2.56 bits per heavy atom. The number of methoxy groups -OCH3 is 1. The quantitative estimate of drug-likeness (QED) is 0.144. The predicted octanol–water partition coefficient (Wildman–Crippen LogP) is 5.81. The number of carbonyl (C=O) groups is 2. The number of unbranched alkanes of at least 4 members (excludes halogenated alkanes) is 2. The maximum Gasteiger partial charge on any atom is 0.417 e. The molecule has 8 nitrogen and oxygen atoms in total. The molecule has 13 heteroatoms. The van der Waals surface area contributed by atoms with Crippen molar-refractivity contribution in [3.63, 3.8) is 0 Å². The molecule has 0 radical (unpaired) electrons. The van der Waals surface area contributed by atoms with Gasteiger partial charge in [-0.05, 0) is 31.0 Å². The number of hydrogen-bond acceptors (Lipinski definition) is 8. The van der Waals surface area contributed by atoms with E-state index in [2.05, 4.69) is 4.98 Å². The maximum atomic E-state index is 13.1. The molecule has 0 N–H and O–H groups in total. The number of thiazole rings is 1. The van der Waals surface area contributed by atoms with Gasteiger partial charge in [0.05, 0.1) is 40.3 Å². The third-order valence-electron chi connectivity index (χ3n) is 5.28. The number of ether oxygens (including phenoxy) is 1. The number of benzene rings is 1. The Kier molecular flexibility index (Phi) is 8.62. The Bertz CT molecular complexity index is 1340. The van der Waals surface area contributed by atoms with Crippen LogP contribution in [0.25, 0.3) is 16.0 Å². The van der Waals surface area contributed by atoms with Crippen molar-refractivity contribution < 1.29 is 37.3 Å².